The fourth-order valence-electron chi connectivity index (χ4n) is 0.478. The van der Waals surface area contributed by atoms with Crippen LogP contribution in [-0.2, 0) is 9.47 Å². The van der Waals surface area contributed by atoms with Crippen LogP contribution in [0.2, 0.25) is 0 Å². The third-order valence-corrected chi connectivity index (χ3v) is 0.956. The van der Waals surface area contributed by atoms with E-state index in [1.165, 1.54) is 0 Å². The summed E-state index contributed by atoms with van der Waals surface area (Å²) >= 11 is 0. The zero-order chi connectivity index (χ0) is 7.82. The van der Waals surface area contributed by atoms with Crippen molar-refractivity contribution in [1.82, 2.24) is 4.90 Å². The number of nitrogens with zero attached hydrogens (tertiary/aromatic N) is 1. The first-order chi connectivity index (χ1) is 4.81. The van der Waals surface area contributed by atoms with Crippen LogP contribution >= 0.6 is 0 Å². The highest BCUT2D eigenvalue weighted by Gasteiger charge is 1.94. The van der Waals surface area contributed by atoms with Crippen LogP contribution in [0.25, 0.3) is 0 Å². The zero-order valence-corrected chi connectivity index (χ0v) is 6.80. The van der Waals surface area contributed by atoms with Gasteiger partial charge in [0.15, 0.2) is 0 Å². The molecule has 0 saturated carbocycles. The van der Waals surface area contributed by atoms with Crippen LogP contribution in [0.4, 0.5) is 0 Å². The van der Waals surface area contributed by atoms with Gasteiger partial charge in [-0.1, -0.05) is 0 Å². The summed E-state index contributed by atoms with van der Waals surface area (Å²) in [4.78, 5) is 1.73. The first-order valence-electron chi connectivity index (χ1n) is 3.52. The van der Waals surface area contributed by atoms with Gasteiger partial charge < -0.3 is 9.47 Å². The van der Waals surface area contributed by atoms with E-state index in [9.17, 15) is 0 Å². The molecule has 0 bridgehead atoms. The average Bonchev–Trinajstić information content (AvgIpc) is 1.97. The second-order valence-electron chi connectivity index (χ2n) is 1.91. The fourth-order valence-corrected chi connectivity index (χ4v) is 0.478. The van der Waals surface area contributed by atoms with Gasteiger partial charge in [0.2, 0.25) is 0 Å². The van der Waals surface area contributed by atoms with Crippen molar-refractivity contribution in [1.29, 1.82) is 0 Å². The van der Waals surface area contributed by atoms with Gasteiger partial charge in [-0.25, -0.2) is 0 Å². The maximum atomic E-state index is 5.08. The Morgan fingerprint density at radius 1 is 1.10 bits per heavy atom. The molecule has 0 fully saturated rings. The van der Waals surface area contributed by atoms with E-state index in [4.69, 9.17) is 9.47 Å². The van der Waals surface area contributed by atoms with Crippen LogP contribution in [0.15, 0.2) is 0 Å². The van der Waals surface area contributed by atoms with Gasteiger partial charge in [-0.2, -0.15) is 0 Å². The van der Waals surface area contributed by atoms with Crippen molar-refractivity contribution in [2.24, 2.45) is 0 Å². The zero-order valence-electron chi connectivity index (χ0n) is 6.80. The summed E-state index contributed by atoms with van der Waals surface area (Å²) < 4.78 is 10.2. The highest BCUT2D eigenvalue weighted by Crippen LogP contribution is 1.86. The fraction of sp³-hybridized carbons (Fsp3) is 0.857. The molecule has 0 saturated heterocycles. The molecule has 0 spiro atoms. The van der Waals surface area contributed by atoms with E-state index < -0.39 is 0 Å². The molecular weight excluding hydrogens is 130 g/mol. The Morgan fingerprint density at radius 3 is 1.80 bits per heavy atom. The molecular formula is C7H16NO2. The highest BCUT2D eigenvalue weighted by atomic mass is 16.5. The molecule has 0 unspecified atom stereocenters. The monoisotopic (exact) mass is 146 g/mol. The summed E-state index contributed by atoms with van der Waals surface area (Å²) in [5.74, 6) is 0. The molecule has 0 aromatic rings. The lowest BCUT2D eigenvalue weighted by Crippen LogP contribution is -2.22. The van der Waals surface area contributed by atoms with Gasteiger partial charge in [0.25, 0.3) is 0 Å². The Kier molecular flexibility index (Phi) is 6.91. The average molecular weight is 146 g/mol. The maximum absolute atomic E-state index is 5.08. The predicted octanol–water partition coefficient (Wildman–Crippen LogP) is 1.07. The lowest BCUT2D eigenvalue weighted by molar-refractivity contribution is -0.0139. The van der Waals surface area contributed by atoms with Gasteiger partial charge in [0, 0.05) is 20.3 Å². The molecule has 0 N–H and O–H groups in total. The number of ether oxygens (including phenoxy) is 2. The molecule has 1 radical (unpaired) electrons. The Balaban J connectivity index is 3.00. The summed E-state index contributed by atoms with van der Waals surface area (Å²) in [6, 6.07) is 0. The first kappa shape index (κ1) is 9.88. The molecule has 0 aliphatic rings. The Bertz CT molecular complexity index is 60.6. The van der Waals surface area contributed by atoms with E-state index in [2.05, 4.69) is 7.05 Å². The first-order valence-corrected chi connectivity index (χ1v) is 3.52. The van der Waals surface area contributed by atoms with Crippen LogP contribution in [0.1, 0.15) is 13.8 Å². The second-order valence-corrected chi connectivity index (χ2v) is 1.91. The van der Waals surface area contributed by atoms with E-state index in [-0.39, 0.29) is 0 Å². The molecule has 0 amide bonds. The van der Waals surface area contributed by atoms with Crippen LogP contribution in [-0.4, -0.2) is 31.6 Å². The van der Waals surface area contributed by atoms with Gasteiger partial charge in [0.05, 0.1) is 0 Å². The molecule has 0 aromatic heterocycles. The molecule has 0 heterocycles. The largest absolute Gasteiger partial charge is 0.366 e. The van der Waals surface area contributed by atoms with Crippen molar-refractivity contribution >= 4 is 0 Å². The smallest absolute Gasteiger partial charge is 0.101 e. The van der Waals surface area contributed by atoms with E-state index in [0.29, 0.717) is 13.5 Å². The van der Waals surface area contributed by atoms with E-state index in [0.717, 1.165) is 13.2 Å². The minimum atomic E-state index is 0.538. The van der Waals surface area contributed by atoms with Crippen molar-refractivity contribution in [2.45, 2.75) is 13.8 Å². The van der Waals surface area contributed by atoms with Crippen molar-refractivity contribution in [3.63, 3.8) is 0 Å². The van der Waals surface area contributed by atoms with E-state index in [1.54, 1.807) is 4.90 Å². The van der Waals surface area contributed by atoms with Crippen molar-refractivity contribution in [3.05, 3.63) is 7.05 Å². The number of hydrogen-bond donors (Lipinski definition) is 0. The summed E-state index contributed by atoms with van der Waals surface area (Å²) in [5.41, 5.74) is 0. The molecule has 0 atom stereocenters. The predicted molar refractivity (Wildman–Crippen MR) is 40.2 cm³/mol. The molecule has 3 heteroatoms. The van der Waals surface area contributed by atoms with Gasteiger partial charge in [0.1, 0.15) is 13.5 Å². The van der Waals surface area contributed by atoms with Crippen molar-refractivity contribution in [2.75, 3.05) is 26.7 Å². The maximum Gasteiger partial charge on any atom is 0.101 e. The molecule has 0 rings (SSSR count). The lowest BCUT2D eigenvalue weighted by Gasteiger charge is -2.14. The second kappa shape index (κ2) is 6.99. The number of rotatable bonds is 6. The topological polar surface area (TPSA) is 21.7 Å². The molecule has 10 heavy (non-hydrogen) atoms. The SMILES string of the molecule is [CH2]N(COCC)COCC. The molecule has 61 valence electrons. The summed E-state index contributed by atoms with van der Waals surface area (Å²) in [6.45, 7) is 6.42. The summed E-state index contributed by atoms with van der Waals surface area (Å²) in [5, 5.41) is 0. The Morgan fingerprint density at radius 2 is 1.50 bits per heavy atom. The third kappa shape index (κ3) is 6.01. The van der Waals surface area contributed by atoms with E-state index >= 15 is 0 Å². The standard InChI is InChI=1S/C7H16NO2/c1-4-9-6-8(3)7-10-5-2/h3-7H2,1-2H3. The molecule has 0 aromatic carbocycles. The minimum absolute atomic E-state index is 0.538. The van der Waals surface area contributed by atoms with Gasteiger partial charge >= 0.3 is 0 Å². The van der Waals surface area contributed by atoms with Gasteiger partial charge in [-0.3, -0.25) is 4.90 Å². The Hall–Kier alpha value is -0.120. The number of hydrogen-bond acceptors (Lipinski definition) is 3. The van der Waals surface area contributed by atoms with Crippen LogP contribution in [0.3, 0.4) is 0 Å². The quantitative estimate of drug-likeness (QED) is 0.523. The van der Waals surface area contributed by atoms with Crippen molar-refractivity contribution < 1.29 is 9.47 Å². The Labute approximate surface area is 62.9 Å². The van der Waals surface area contributed by atoms with Crippen molar-refractivity contribution in [3.8, 4) is 0 Å². The minimum Gasteiger partial charge on any atom is -0.366 e. The molecule has 0 aliphatic carbocycles. The third-order valence-electron chi connectivity index (χ3n) is 0.956. The molecule has 0 aliphatic heterocycles. The lowest BCUT2D eigenvalue weighted by atomic mass is 10.8. The van der Waals surface area contributed by atoms with E-state index in [1.807, 2.05) is 13.8 Å². The highest BCUT2D eigenvalue weighted by molar-refractivity contribution is 4.38. The van der Waals surface area contributed by atoms with Gasteiger partial charge in [-0.15, -0.1) is 0 Å². The summed E-state index contributed by atoms with van der Waals surface area (Å²) in [7, 11) is 3.70. The normalized spacial score (nSPS) is 10.8. The van der Waals surface area contributed by atoms with Crippen LogP contribution in [0.5, 0.6) is 0 Å². The van der Waals surface area contributed by atoms with Gasteiger partial charge in [-0.05, 0) is 13.8 Å². The summed E-state index contributed by atoms with van der Waals surface area (Å²) in [6.07, 6.45) is 0. The molecule has 3 nitrogen and oxygen atoms in total. The van der Waals surface area contributed by atoms with Crippen LogP contribution in [0, 0.1) is 7.05 Å². The van der Waals surface area contributed by atoms with Crippen LogP contribution < -0.4 is 0 Å².